The molecule has 1 aliphatic heterocycles. The molecule has 1 aromatic heterocycles. The Hall–Kier alpha value is -1.95. The molecular formula is C20H28N4O. The quantitative estimate of drug-likeness (QED) is 0.613. The van der Waals surface area contributed by atoms with Crippen LogP contribution in [-0.4, -0.2) is 24.7 Å². The lowest BCUT2D eigenvalue weighted by molar-refractivity contribution is 0.309. The summed E-state index contributed by atoms with van der Waals surface area (Å²) in [5.74, 6) is 1.46. The summed E-state index contributed by atoms with van der Waals surface area (Å²) in [5, 5.41) is 3.58. The average molecular weight is 340 g/mol. The zero-order valence-electron chi connectivity index (χ0n) is 14.9. The van der Waals surface area contributed by atoms with Crippen molar-refractivity contribution in [2.45, 2.75) is 32.4 Å². The van der Waals surface area contributed by atoms with E-state index in [1.807, 2.05) is 24.5 Å². The minimum Gasteiger partial charge on any atom is -0.494 e. The van der Waals surface area contributed by atoms with Crippen LogP contribution in [0.4, 0.5) is 0 Å². The highest BCUT2D eigenvalue weighted by atomic mass is 16.5. The second kappa shape index (κ2) is 9.51. The molecule has 134 valence electrons. The van der Waals surface area contributed by atoms with Gasteiger partial charge in [-0.25, -0.2) is 5.43 Å². The fourth-order valence-electron chi connectivity index (χ4n) is 3.12. The van der Waals surface area contributed by atoms with E-state index in [2.05, 4.69) is 52.3 Å². The maximum atomic E-state index is 5.79. The van der Waals surface area contributed by atoms with Crippen LogP contribution in [-0.2, 0) is 6.54 Å². The molecule has 0 saturated carbocycles. The predicted octanol–water partition coefficient (Wildman–Crippen LogP) is 2.82. The van der Waals surface area contributed by atoms with E-state index in [4.69, 9.17) is 4.74 Å². The summed E-state index contributed by atoms with van der Waals surface area (Å²) in [5.41, 5.74) is 9.11. The van der Waals surface area contributed by atoms with Gasteiger partial charge in [0.15, 0.2) is 0 Å². The largest absolute Gasteiger partial charge is 0.494 e. The third-order valence-corrected chi connectivity index (χ3v) is 4.54. The van der Waals surface area contributed by atoms with Crippen LogP contribution < -0.4 is 20.9 Å². The molecule has 2 aromatic rings. The summed E-state index contributed by atoms with van der Waals surface area (Å²) in [4.78, 5) is 4.23. The molecule has 5 heteroatoms. The van der Waals surface area contributed by atoms with Crippen molar-refractivity contribution in [3.8, 4) is 5.75 Å². The first-order valence-corrected chi connectivity index (χ1v) is 9.17. The zero-order valence-corrected chi connectivity index (χ0v) is 14.9. The van der Waals surface area contributed by atoms with E-state index in [0.29, 0.717) is 12.0 Å². The SMILES string of the molecule is CCCCOc1cccc(CNCC2CNNC2c2cccnc2)c1. The van der Waals surface area contributed by atoms with Gasteiger partial charge in [0.1, 0.15) is 5.75 Å². The average Bonchev–Trinajstić information content (AvgIpc) is 3.12. The number of pyridine rings is 1. The molecule has 1 fully saturated rings. The van der Waals surface area contributed by atoms with Crippen LogP contribution in [0.1, 0.15) is 36.9 Å². The molecular weight excluding hydrogens is 312 g/mol. The lowest BCUT2D eigenvalue weighted by atomic mass is 9.96. The summed E-state index contributed by atoms with van der Waals surface area (Å²) < 4.78 is 5.79. The zero-order chi connectivity index (χ0) is 17.3. The number of hydrogen-bond acceptors (Lipinski definition) is 5. The van der Waals surface area contributed by atoms with Crippen LogP contribution in [0.25, 0.3) is 0 Å². The monoisotopic (exact) mass is 340 g/mol. The number of benzene rings is 1. The standard InChI is InChI=1S/C20H28N4O/c1-2-3-10-25-19-8-4-6-16(11-19)12-22-14-18-15-23-24-20(18)17-7-5-9-21-13-17/h4-9,11,13,18,20,22-24H,2-3,10,12,14-15H2,1H3. The number of unbranched alkanes of at least 4 members (excludes halogenated alkanes) is 1. The van der Waals surface area contributed by atoms with Crippen LogP contribution in [0, 0.1) is 5.92 Å². The molecule has 0 amide bonds. The molecule has 2 heterocycles. The fraction of sp³-hybridized carbons (Fsp3) is 0.450. The van der Waals surface area contributed by atoms with Gasteiger partial charge >= 0.3 is 0 Å². The van der Waals surface area contributed by atoms with Gasteiger partial charge in [-0.2, -0.15) is 0 Å². The summed E-state index contributed by atoms with van der Waals surface area (Å²) in [6.07, 6.45) is 6.01. The van der Waals surface area contributed by atoms with Crippen molar-refractivity contribution in [1.82, 2.24) is 21.2 Å². The topological polar surface area (TPSA) is 58.2 Å². The Balaban J connectivity index is 1.48. The molecule has 2 atom stereocenters. The molecule has 0 radical (unpaired) electrons. The highest BCUT2D eigenvalue weighted by molar-refractivity contribution is 5.28. The van der Waals surface area contributed by atoms with E-state index in [0.717, 1.165) is 44.8 Å². The Labute approximate surface area is 150 Å². The van der Waals surface area contributed by atoms with Gasteiger partial charge in [0.2, 0.25) is 0 Å². The van der Waals surface area contributed by atoms with E-state index >= 15 is 0 Å². The lowest BCUT2D eigenvalue weighted by Crippen LogP contribution is -2.28. The van der Waals surface area contributed by atoms with Crippen LogP contribution >= 0.6 is 0 Å². The Kier molecular flexibility index (Phi) is 6.79. The Bertz CT molecular complexity index is 635. The predicted molar refractivity (Wildman–Crippen MR) is 100 cm³/mol. The smallest absolute Gasteiger partial charge is 0.119 e. The highest BCUT2D eigenvalue weighted by Gasteiger charge is 2.27. The number of aromatic nitrogens is 1. The summed E-state index contributed by atoms with van der Waals surface area (Å²) >= 11 is 0. The molecule has 25 heavy (non-hydrogen) atoms. The normalized spacial score (nSPS) is 19.9. The van der Waals surface area contributed by atoms with E-state index in [-0.39, 0.29) is 0 Å². The number of nitrogens with zero attached hydrogens (tertiary/aromatic N) is 1. The van der Waals surface area contributed by atoms with Crippen LogP contribution in [0.15, 0.2) is 48.8 Å². The van der Waals surface area contributed by atoms with Gasteiger partial charge in [0.25, 0.3) is 0 Å². The van der Waals surface area contributed by atoms with Gasteiger partial charge < -0.3 is 10.1 Å². The summed E-state index contributed by atoms with van der Waals surface area (Å²) in [7, 11) is 0. The summed E-state index contributed by atoms with van der Waals surface area (Å²) in [6, 6.07) is 12.8. The molecule has 0 bridgehead atoms. The van der Waals surface area contributed by atoms with Gasteiger partial charge in [0.05, 0.1) is 12.6 Å². The molecule has 0 spiro atoms. The lowest BCUT2D eigenvalue weighted by Gasteiger charge is -2.19. The Morgan fingerprint density at radius 3 is 3.08 bits per heavy atom. The Morgan fingerprint density at radius 1 is 1.28 bits per heavy atom. The number of hydrazine groups is 1. The molecule has 1 saturated heterocycles. The van der Waals surface area contributed by atoms with Gasteiger partial charge in [-0.15, -0.1) is 0 Å². The Morgan fingerprint density at radius 2 is 2.24 bits per heavy atom. The number of ether oxygens (including phenoxy) is 1. The van der Waals surface area contributed by atoms with Crippen molar-refractivity contribution in [2.24, 2.45) is 5.92 Å². The van der Waals surface area contributed by atoms with Crippen molar-refractivity contribution in [2.75, 3.05) is 19.7 Å². The molecule has 1 aromatic carbocycles. The third kappa shape index (κ3) is 5.26. The third-order valence-electron chi connectivity index (χ3n) is 4.54. The molecule has 5 nitrogen and oxygen atoms in total. The summed E-state index contributed by atoms with van der Waals surface area (Å²) in [6.45, 7) is 5.71. The number of hydrogen-bond donors (Lipinski definition) is 3. The van der Waals surface area contributed by atoms with Crippen molar-refractivity contribution >= 4 is 0 Å². The molecule has 3 N–H and O–H groups in total. The maximum absolute atomic E-state index is 5.79. The molecule has 0 aliphatic carbocycles. The van der Waals surface area contributed by atoms with Crippen LogP contribution in [0.2, 0.25) is 0 Å². The van der Waals surface area contributed by atoms with Crippen molar-refractivity contribution in [1.29, 1.82) is 0 Å². The van der Waals surface area contributed by atoms with Crippen LogP contribution in [0.3, 0.4) is 0 Å². The van der Waals surface area contributed by atoms with E-state index in [1.165, 1.54) is 11.1 Å². The van der Waals surface area contributed by atoms with Gasteiger partial charge in [-0.3, -0.25) is 10.4 Å². The number of nitrogens with one attached hydrogen (secondary N) is 3. The van der Waals surface area contributed by atoms with Gasteiger partial charge in [-0.05, 0) is 35.7 Å². The second-order valence-electron chi connectivity index (χ2n) is 6.53. The van der Waals surface area contributed by atoms with E-state index in [9.17, 15) is 0 Å². The van der Waals surface area contributed by atoms with Crippen LogP contribution in [0.5, 0.6) is 5.75 Å². The fourth-order valence-corrected chi connectivity index (χ4v) is 3.12. The highest BCUT2D eigenvalue weighted by Crippen LogP contribution is 2.23. The van der Waals surface area contributed by atoms with E-state index < -0.39 is 0 Å². The van der Waals surface area contributed by atoms with E-state index in [1.54, 1.807) is 0 Å². The second-order valence-corrected chi connectivity index (χ2v) is 6.53. The van der Waals surface area contributed by atoms with Crippen molar-refractivity contribution < 1.29 is 4.74 Å². The molecule has 1 aliphatic rings. The first kappa shape index (κ1) is 17.9. The minimum atomic E-state index is 0.296. The van der Waals surface area contributed by atoms with Crippen molar-refractivity contribution in [3.05, 3.63) is 59.9 Å². The maximum Gasteiger partial charge on any atom is 0.119 e. The first-order valence-electron chi connectivity index (χ1n) is 9.17. The van der Waals surface area contributed by atoms with Gasteiger partial charge in [-0.1, -0.05) is 31.5 Å². The minimum absolute atomic E-state index is 0.296. The molecule has 3 rings (SSSR count). The first-order chi connectivity index (χ1) is 12.4. The van der Waals surface area contributed by atoms with Crippen molar-refractivity contribution in [3.63, 3.8) is 0 Å². The molecule has 2 unspecified atom stereocenters. The number of rotatable bonds is 9. The van der Waals surface area contributed by atoms with Gasteiger partial charge in [0, 0.05) is 37.9 Å².